The van der Waals surface area contributed by atoms with E-state index >= 15 is 0 Å². The number of pyridine rings is 1. The highest BCUT2D eigenvalue weighted by molar-refractivity contribution is 5.97. The number of aliphatic hydroxyl groups is 1. The number of hydrogen-bond acceptors (Lipinski definition) is 6. The highest BCUT2D eigenvalue weighted by Crippen LogP contribution is 2.34. The lowest BCUT2D eigenvalue weighted by Crippen LogP contribution is -2.38. The van der Waals surface area contributed by atoms with Crippen LogP contribution in [0.15, 0.2) is 65.3 Å². The molecule has 0 spiro atoms. The molecule has 144 valence electrons. The van der Waals surface area contributed by atoms with E-state index < -0.39 is 11.6 Å². The Morgan fingerprint density at radius 2 is 1.96 bits per heavy atom. The molecule has 1 N–H and O–H groups in total. The summed E-state index contributed by atoms with van der Waals surface area (Å²) < 4.78 is 11.2. The Hall–Kier alpha value is -2.83. The van der Waals surface area contributed by atoms with Gasteiger partial charge in [-0.1, -0.05) is 36.4 Å². The molecule has 28 heavy (non-hydrogen) atoms. The van der Waals surface area contributed by atoms with E-state index in [4.69, 9.17) is 9.15 Å². The molecule has 6 nitrogen and oxygen atoms in total. The fraction of sp³-hybridized carbons (Fsp3) is 0.318. The van der Waals surface area contributed by atoms with Crippen LogP contribution in [0.1, 0.15) is 41.9 Å². The monoisotopic (exact) mass is 378 g/mol. The Balaban J connectivity index is 1.35. The van der Waals surface area contributed by atoms with E-state index in [1.54, 1.807) is 18.3 Å². The first-order valence-corrected chi connectivity index (χ1v) is 9.50. The van der Waals surface area contributed by atoms with Crippen LogP contribution in [-0.4, -0.2) is 32.7 Å². The number of carbonyl (C=O) groups excluding carboxylic acids is 1. The van der Waals surface area contributed by atoms with E-state index in [0.717, 1.165) is 19.3 Å². The second kappa shape index (κ2) is 8.04. The van der Waals surface area contributed by atoms with Crippen LogP contribution in [0.3, 0.4) is 0 Å². The second-order valence-corrected chi connectivity index (χ2v) is 7.01. The molecule has 0 amide bonds. The molecular formula is C22H22N2O4. The third kappa shape index (κ3) is 4.03. The van der Waals surface area contributed by atoms with Crippen molar-refractivity contribution < 1.29 is 19.1 Å². The minimum atomic E-state index is -1.87. The maximum atomic E-state index is 12.7. The third-order valence-corrected chi connectivity index (χ3v) is 4.97. The summed E-state index contributed by atoms with van der Waals surface area (Å²) in [5.74, 6) is -2.29. The summed E-state index contributed by atoms with van der Waals surface area (Å²) in [6.07, 6.45) is 6.45. The topological polar surface area (TPSA) is 85.5 Å². The van der Waals surface area contributed by atoms with E-state index in [2.05, 4.69) is 22.1 Å². The summed E-state index contributed by atoms with van der Waals surface area (Å²) in [5.41, 5.74) is 1.85. The Kier molecular flexibility index (Phi) is 5.32. The predicted molar refractivity (Wildman–Crippen MR) is 103 cm³/mol. The zero-order valence-electron chi connectivity index (χ0n) is 15.5. The quantitative estimate of drug-likeness (QED) is 0.629. The summed E-state index contributed by atoms with van der Waals surface area (Å²) in [4.78, 5) is 20.9. The van der Waals surface area contributed by atoms with Gasteiger partial charge in [0, 0.05) is 12.6 Å². The first kappa shape index (κ1) is 18.5. The number of ether oxygens (including phenoxy) is 1. The van der Waals surface area contributed by atoms with Gasteiger partial charge in [-0.15, -0.1) is 0 Å². The van der Waals surface area contributed by atoms with Gasteiger partial charge in [-0.2, -0.15) is 0 Å². The van der Waals surface area contributed by atoms with Gasteiger partial charge in [0.1, 0.15) is 5.69 Å². The zero-order chi connectivity index (χ0) is 19.4. The molecule has 0 radical (unpaired) electrons. The summed E-state index contributed by atoms with van der Waals surface area (Å²) in [6, 6.07) is 15.6. The molecule has 1 aliphatic rings. The van der Waals surface area contributed by atoms with Gasteiger partial charge in [-0.25, -0.2) is 4.98 Å². The Morgan fingerprint density at radius 1 is 1.14 bits per heavy atom. The van der Waals surface area contributed by atoms with Crippen LogP contribution in [0.4, 0.5) is 0 Å². The summed E-state index contributed by atoms with van der Waals surface area (Å²) in [7, 11) is 0. The Morgan fingerprint density at radius 3 is 2.75 bits per heavy atom. The summed E-state index contributed by atoms with van der Waals surface area (Å²) in [5, 5.41) is 10.7. The van der Waals surface area contributed by atoms with Crippen LogP contribution in [-0.2, 0) is 11.2 Å². The maximum absolute atomic E-state index is 12.7. The number of aromatic nitrogens is 2. The van der Waals surface area contributed by atoms with E-state index in [0.29, 0.717) is 17.9 Å². The SMILES string of the molecule is O=C(c1ncc(-c2ccccn2)o1)C1(O)CCC(CCCc2ccccc2)O1. The zero-order valence-corrected chi connectivity index (χ0v) is 15.5. The number of oxazole rings is 1. The van der Waals surface area contributed by atoms with Crippen molar-refractivity contribution in [3.05, 3.63) is 72.4 Å². The molecule has 1 aliphatic heterocycles. The normalized spacial score (nSPS) is 21.7. The van der Waals surface area contributed by atoms with Gasteiger partial charge in [0.2, 0.25) is 5.79 Å². The van der Waals surface area contributed by atoms with Gasteiger partial charge in [0.05, 0.1) is 12.3 Å². The number of carbonyl (C=O) groups is 1. The summed E-state index contributed by atoms with van der Waals surface area (Å²) >= 11 is 0. The Bertz CT molecular complexity index is 926. The maximum Gasteiger partial charge on any atom is 0.276 e. The molecule has 1 saturated heterocycles. The fourth-order valence-corrected chi connectivity index (χ4v) is 3.47. The predicted octanol–water partition coefficient (Wildman–Crippen LogP) is 3.81. The highest BCUT2D eigenvalue weighted by atomic mass is 16.6. The molecule has 0 aliphatic carbocycles. The van der Waals surface area contributed by atoms with Gasteiger partial charge in [-0.3, -0.25) is 9.78 Å². The molecule has 0 saturated carbocycles. The average Bonchev–Trinajstić information content (AvgIpc) is 3.37. The van der Waals surface area contributed by atoms with Gasteiger partial charge in [0.25, 0.3) is 11.7 Å². The lowest BCUT2D eigenvalue weighted by atomic mass is 10.0. The van der Waals surface area contributed by atoms with Crippen LogP contribution in [0, 0.1) is 0 Å². The third-order valence-electron chi connectivity index (χ3n) is 4.97. The minimum Gasteiger partial charge on any atom is -0.432 e. The van der Waals surface area contributed by atoms with Crippen molar-refractivity contribution in [2.24, 2.45) is 0 Å². The number of nitrogens with zero attached hydrogens (tertiary/aromatic N) is 2. The highest BCUT2D eigenvalue weighted by Gasteiger charge is 2.47. The number of rotatable bonds is 7. The van der Waals surface area contributed by atoms with Gasteiger partial charge >= 0.3 is 0 Å². The lowest BCUT2D eigenvalue weighted by Gasteiger charge is -2.20. The molecule has 1 aromatic carbocycles. The molecular weight excluding hydrogens is 356 g/mol. The smallest absolute Gasteiger partial charge is 0.276 e. The van der Waals surface area contributed by atoms with Gasteiger partial charge in [0.15, 0.2) is 5.76 Å². The Labute approximate surface area is 163 Å². The van der Waals surface area contributed by atoms with Crippen molar-refractivity contribution in [1.29, 1.82) is 0 Å². The van der Waals surface area contributed by atoms with Crippen LogP contribution < -0.4 is 0 Å². The van der Waals surface area contributed by atoms with E-state index in [-0.39, 0.29) is 18.4 Å². The standard InChI is InChI=1S/C22H22N2O4/c25-20(21-24-15-19(27-21)18-11-4-5-14-23-18)22(26)13-12-17(28-22)10-6-9-16-7-2-1-3-8-16/h1-5,7-8,11,14-15,17,26H,6,9-10,12-13H2. The molecule has 2 unspecified atom stereocenters. The van der Waals surface area contributed by atoms with Crippen molar-refractivity contribution in [3.8, 4) is 11.5 Å². The van der Waals surface area contributed by atoms with Crippen molar-refractivity contribution in [1.82, 2.24) is 9.97 Å². The van der Waals surface area contributed by atoms with Gasteiger partial charge in [-0.05, 0) is 43.4 Å². The number of hydrogen-bond donors (Lipinski definition) is 1. The molecule has 3 aromatic rings. The van der Waals surface area contributed by atoms with E-state index in [9.17, 15) is 9.90 Å². The van der Waals surface area contributed by atoms with Gasteiger partial charge < -0.3 is 14.3 Å². The van der Waals surface area contributed by atoms with E-state index in [1.807, 2.05) is 24.3 Å². The van der Waals surface area contributed by atoms with Crippen molar-refractivity contribution >= 4 is 5.78 Å². The second-order valence-electron chi connectivity index (χ2n) is 7.01. The van der Waals surface area contributed by atoms with Crippen molar-refractivity contribution in [2.45, 2.75) is 44.0 Å². The van der Waals surface area contributed by atoms with Crippen molar-refractivity contribution in [3.63, 3.8) is 0 Å². The van der Waals surface area contributed by atoms with Crippen LogP contribution in [0.25, 0.3) is 11.5 Å². The summed E-state index contributed by atoms with van der Waals surface area (Å²) in [6.45, 7) is 0. The molecule has 0 bridgehead atoms. The molecule has 6 heteroatoms. The number of Topliss-reactive ketones (excluding diaryl/α,β-unsaturated/α-hetero) is 1. The molecule has 3 heterocycles. The van der Waals surface area contributed by atoms with Crippen molar-refractivity contribution in [2.75, 3.05) is 0 Å². The first-order valence-electron chi connectivity index (χ1n) is 9.50. The molecule has 2 aromatic heterocycles. The number of ketones is 1. The average molecular weight is 378 g/mol. The van der Waals surface area contributed by atoms with Crippen LogP contribution in [0.5, 0.6) is 0 Å². The lowest BCUT2D eigenvalue weighted by molar-refractivity contribution is -0.157. The molecule has 4 rings (SSSR count). The number of benzene rings is 1. The molecule has 2 atom stereocenters. The minimum absolute atomic E-state index is 0.150. The van der Waals surface area contributed by atoms with Crippen LogP contribution in [0.2, 0.25) is 0 Å². The first-order chi connectivity index (χ1) is 13.6. The van der Waals surface area contributed by atoms with E-state index in [1.165, 1.54) is 11.8 Å². The number of aryl methyl sites for hydroxylation is 1. The fourth-order valence-electron chi connectivity index (χ4n) is 3.47. The largest absolute Gasteiger partial charge is 0.432 e. The van der Waals surface area contributed by atoms with Crippen LogP contribution >= 0.6 is 0 Å². The molecule has 1 fully saturated rings.